The van der Waals surface area contributed by atoms with Gasteiger partial charge in [0.25, 0.3) is 0 Å². The second kappa shape index (κ2) is 6.07. The van der Waals surface area contributed by atoms with Gasteiger partial charge in [-0.05, 0) is 6.92 Å². The Labute approximate surface area is 79.2 Å². The van der Waals surface area contributed by atoms with Crippen LogP contribution in [0, 0.1) is 0 Å². The minimum absolute atomic E-state index is 0.247. The summed E-state index contributed by atoms with van der Waals surface area (Å²) in [7, 11) is 0. The monoisotopic (exact) mass is 186 g/mol. The zero-order valence-electron chi connectivity index (χ0n) is 8.16. The Morgan fingerprint density at radius 3 is 2.77 bits per heavy atom. The predicted molar refractivity (Wildman–Crippen MR) is 50.8 cm³/mol. The van der Waals surface area contributed by atoms with Crippen LogP contribution in [-0.2, 0) is 9.53 Å². The molecule has 1 aliphatic rings. The lowest BCUT2D eigenvalue weighted by Gasteiger charge is -2.28. The van der Waals surface area contributed by atoms with Gasteiger partial charge >= 0.3 is 0 Å². The Kier molecular flexibility index (Phi) is 4.97. The Morgan fingerprint density at radius 2 is 2.23 bits per heavy atom. The summed E-state index contributed by atoms with van der Waals surface area (Å²) in [4.78, 5) is 12.9. The van der Waals surface area contributed by atoms with Crippen LogP contribution >= 0.6 is 0 Å². The average molecular weight is 186 g/mol. The molecule has 13 heavy (non-hydrogen) atoms. The second-order valence-electron chi connectivity index (χ2n) is 3.18. The van der Waals surface area contributed by atoms with Gasteiger partial charge in [-0.25, -0.2) is 0 Å². The molecule has 1 atom stereocenters. The first-order valence-electron chi connectivity index (χ1n) is 4.86. The van der Waals surface area contributed by atoms with Crippen LogP contribution in [0.25, 0.3) is 0 Å². The Hall–Kier alpha value is -0.450. The lowest BCUT2D eigenvalue weighted by atomic mass is 10.3. The number of nitrogens with zero attached hydrogens (tertiary/aromatic N) is 1. The van der Waals surface area contributed by atoms with Gasteiger partial charge in [0, 0.05) is 39.3 Å². The standard InChI is InChI=1S/C9H18N2O2/c1-2-13-9(8-12)7-11-5-3-10-4-6-11/h8-10H,2-7H2,1H3. The number of nitrogens with one attached hydrogen (secondary N) is 1. The Bertz CT molecular complexity index is 147. The van der Waals surface area contributed by atoms with Crippen LogP contribution in [-0.4, -0.2) is 56.6 Å². The van der Waals surface area contributed by atoms with Gasteiger partial charge in [-0.1, -0.05) is 0 Å². The van der Waals surface area contributed by atoms with Crippen molar-refractivity contribution in [1.82, 2.24) is 10.2 Å². The predicted octanol–water partition coefficient (Wildman–Crippen LogP) is -0.504. The lowest BCUT2D eigenvalue weighted by Crippen LogP contribution is -2.47. The molecule has 4 nitrogen and oxygen atoms in total. The number of carbonyl (C=O) groups excluding carboxylic acids is 1. The summed E-state index contributed by atoms with van der Waals surface area (Å²) in [5.74, 6) is 0. The summed E-state index contributed by atoms with van der Waals surface area (Å²) < 4.78 is 5.26. The molecular formula is C9H18N2O2. The normalized spacial score (nSPS) is 21.3. The molecule has 1 aliphatic heterocycles. The number of piperazine rings is 1. The molecule has 0 aromatic rings. The highest BCUT2D eigenvalue weighted by molar-refractivity contribution is 5.56. The van der Waals surface area contributed by atoms with Crippen molar-refractivity contribution in [2.75, 3.05) is 39.3 Å². The Balaban J connectivity index is 2.22. The molecule has 76 valence electrons. The van der Waals surface area contributed by atoms with E-state index in [9.17, 15) is 4.79 Å². The van der Waals surface area contributed by atoms with E-state index in [-0.39, 0.29) is 6.10 Å². The first kappa shape index (κ1) is 10.6. The molecule has 1 heterocycles. The van der Waals surface area contributed by atoms with Gasteiger partial charge in [0.15, 0.2) is 0 Å². The molecule has 4 heteroatoms. The van der Waals surface area contributed by atoms with Crippen molar-refractivity contribution in [3.05, 3.63) is 0 Å². The maximum Gasteiger partial charge on any atom is 0.150 e. The van der Waals surface area contributed by atoms with E-state index in [0.29, 0.717) is 6.61 Å². The SMILES string of the molecule is CCOC(C=O)CN1CCNCC1. The number of aldehydes is 1. The first-order valence-corrected chi connectivity index (χ1v) is 4.86. The largest absolute Gasteiger partial charge is 0.370 e. The van der Waals surface area contributed by atoms with Gasteiger partial charge in [-0.3, -0.25) is 4.90 Å². The van der Waals surface area contributed by atoms with Crippen molar-refractivity contribution in [2.24, 2.45) is 0 Å². The quantitative estimate of drug-likeness (QED) is 0.587. The third-order valence-corrected chi connectivity index (χ3v) is 2.18. The second-order valence-corrected chi connectivity index (χ2v) is 3.18. The zero-order valence-corrected chi connectivity index (χ0v) is 8.16. The number of ether oxygens (including phenoxy) is 1. The van der Waals surface area contributed by atoms with Crippen LogP contribution in [0.1, 0.15) is 6.92 Å². The molecule has 0 amide bonds. The summed E-state index contributed by atoms with van der Waals surface area (Å²) in [5.41, 5.74) is 0. The van der Waals surface area contributed by atoms with Crippen LogP contribution in [0.2, 0.25) is 0 Å². The topological polar surface area (TPSA) is 41.6 Å². The highest BCUT2D eigenvalue weighted by Gasteiger charge is 2.15. The van der Waals surface area contributed by atoms with Crippen LogP contribution in [0.4, 0.5) is 0 Å². The number of carbonyl (C=O) groups is 1. The molecular weight excluding hydrogens is 168 g/mol. The fraction of sp³-hybridized carbons (Fsp3) is 0.889. The molecule has 0 bridgehead atoms. The maximum atomic E-state index is 10.6. The maximum absolute atomic E-state index is 10.6. The van der Waals surface area contributed by atoms with E-state index in [1.54, 1.807) is 0 Å². The van der Waals surface area contributed by atoms with E-state index in [0.717, 1.165) is 39.0 Å². The van der Waals surface area contributed by atoms with Crippen molar-refractivity contribution in [3.8, 4) is 0 Å². The van der Waals surface area contributed by atoms with Gasteiger partial charge in [0.2, 0.25) is 0 Å². The molecule has 0 aromatic carbocycles. The van der Waals surface area contributed by atoms with E-state index in [1.807, 2.05) is 6.92 Å². The molecule has 0 saturated carbocycles. The van der Waals surface area contributed by atoms with Crippen LogP contribution in [0.15, 0.2) is 0 Å². The molecule has 0 aromatic heterocycles. The van der Waals surface area contributed by atoms with Gasteiger partial charge < -0.3 is 14.8 Å². The van der Waals surface area contributed by atoms with Crippen LogP contribution in [0.3, 0.4) is 0 Å². The zero-order chi connectivity index (χ0) is 9.52. The van der Waals surface area contributed by atoms with Crippen molar-refractivity contribution in [3.63, 3.8) is 0 Å². The number of rotatable bonds is 5. The van der Waals surface area contributed by atoms with Gasteiger partial charge in [-0.15, -0.1) is 0 Å². The Morgan fingerprint density at radius 1 is 1.54 bits per heavy atom. The smallest absolute Gasteiger partial charge is 0.150 e. The molecule has 1 fully saturated rings. The first-order chi connectivity index (χ1) is 6.36. The summed E-state index contributed by atoms with van der Waals surface area (Å²) in [6.45, 7) is 7.30. The van der Waals surface area contributed by atoms with Gasteiger partial charge in [0.1, 0.15) is 12.4 Å². The lowest BCUT2D eigenvalue weighted by molar-refractivity contribution is -0.119. The summed E-state index contributed by atoms with van der Waals surface area (Å²) in [6.07, 6.45) is 0.647. The molecule has 0 aliphatic carbocycles. The summed E-state index contributed by atoms with van der Waals surface area (Å²) >= 11 is 0. The molecule has 0 radical (unpaired) electrons. The van der Waals surface area contributed by atoms with E-state index >= 15 is 0 Å². The summed E-state index contributed by atoms with van der Waals surface area (Å²) in [5, 5.41) is 3.27. The third-order valence-electron chi connectivity index (χ3n) is 2.18. The van der Waals surface area contributed by atoms with Crippen molar-refractivity contribution in [2.45, 2.75) is 13.0 Å². The minimum atomic E-state index is -0.247. The highest BCUT2D eigenvalue weighted by atomic mass is 16.5. The van der Waals surface area contributed by atoms with E-state index in [1.165, 1.54) is 0 Å². The molecule has 1 N–H and O–H groups in total. The number of hydrogen-bond donors (Lipinski definition) is 1. The van der Waals surface area contributed by atoms with Crippen molar-refractivity contribution in [1.29, 1.82) is 0 Å². The molecule has 1 saturated heterocycles. The number of hydrogen-bond acceptors (Lipinski definition) is 4. The highest BCUT2D eigenvalue weighted by Crippen LogP contribution is 1.97. The van der Waals surface area contributed by atoms with E-state index in [2.05, 4.69) is 10.2 Å². The summed E-state index contributed by atoms with van der Waals surface area (Å²) in [6, 6.07) is 0. The van der Waals surface area contributed by atoms with Gasteiger partial charge in [0.05, 0.1) is 0 Å². The van der Waals surface area contributed by atoms with Crippen molar-refractivity contribution >= 4 is 6.29 Å². The molecule has 1 rings (SSSR count). The van der Waals surface area contributed by atoms with Crippen molar-refractivity contribution < 1.29 is 9.53 Å². The van der Waals surface area contributed by atoms with Crippen LogP contribution < -0.4 is 5.32 Å². The van der Waals surface area contributed by atoms with E-state index in [4.69, 9.17) is 4.74 Å². The fourth-order valence-electron chi connectivity index (χ4n) is 1.50. The molecule has 1 unspecified atom stereocenters. The molecule has 0 spiro atoms. The van der Waals surface area contributed by atoms with Gasteiger partial charge in [-0.2, -0.15) is 0 Å². The third kappa shape index (κ3) is 3.85. The minimum Gasteiger partial charge on any atom is -0.370 e. The van der Waals surface area contributed by atoms with E-state index < -0.39 is 0 Å². The van der Waals surface area contributed by atoms with Crippen LogP contribution in [0.5, 0.6) is 0 Å². The fourth-order valence-corrected chi connectivity index (χ4v) is 1.50. The average Bonchev–Trinajstić information content (AvgIpc) is 2.19.